The Morgan fingerprint density at radius 1 is 0.778 bits per heavy atom. The highest BCUT2D eigenvalue weighted by molar-refractivity contribution is 5.66. The summed E-state index contributed by atoms with van der Waals surface area (Å²) in [6.07, 6.45) is -0.739. The summed E-state index contributed by atoms with van der Waals surface area (Å²) < 4.78 is 9.91. The van der Waals surface area contributed by atoms with E-state index in [1.807, 2.05) is 12.1 Å². The lowest BCUT2D eigenvalue weighted by Crippen LogP contribution is -2.13. The maximum atomic E-state index is 11.3. The van der Waals surface area contributed by atoms with Gasteiger partial charge in [0.25, 0.3) is 0 Å². The number of ether oxygens (including phenoxy) is 2. The molecule has 4 heteroatoms. The number of benzene rings is 2. The van der Waals surface area contributed by atoms with E-state index in [1.54, 1.807) is 48.5 Å². The molecule has 0 aromatic heterocycles. The second kappa shape index (κ2) is 7.47. The molecule has 0 N–H and O–H groups in total. The fourth-order valence-corrected chi connectivity index (χ4v) is 1.19. The van der Waals surface area contributed by atoms with Crippen molar-refractivity contribution < 1.29 is 14.3 Å². The first-order valence-electron chi connectivity index (χ1n) is 5.10. The molecule has 2 rings (SSSR count). The van der Waals surface area contributed by atoms with Gasteiger partial charge in [-0.25, -0.2) is 10.1 Å². The standard InChI is InChI=1S/C13H10O3.CHN/c14-13(15-11-7-3-1-4-8-11)16-12-9-5-2-6-10-12;1-2/h1-10H;1H. The molecule has 4 nitrogen and oxygen atoms in total. The van der Waals surface area contributed by atoms with Crippen molar-refractivity contribution in [2.75, 3.05) is 0 Å². The first kappa shape index (κ1) is 13.3. The van der Waals surface area contributed by atoms with Gasteiger partial charge in [-0.15, -0.1) is 0 Å². The number of carbonyl (C=O) groups excluding carboxylic acids is 1. The number of hydrogen-bond donors (Lipinski definition) is 0. The molecule has 0 amide bonds. The minimum atomic E-state index is -0.739. The number of rotatable bonds is 2. The summed E-state index contributed by atoms with van der Waals surface area (Å²) >= 11 is 0. The average molecular weight is 241 g/mol. The Hall–Kier alpha value is -2.80. The molecular formula is C14H11NO3. The molecule has 0 saturated carbocycles. The van der Waals surface area contributed by atoms with Crippen molar-refractivity contribution >= 4 is 6.16 Å². The quantitative estimate of drug-likeness (QED) is 0.597. The van der Waals surface area contributed by atoms with Crippen LogP contribution in [-0.4, -0.2) is 6.16 Å². The Labute approximate surface area is 105 Å². The van der Waals surface area contributed by atoms with Crippen molar-refractivity contribution in [1.82, 2.24) is 0 Å². The van der Waals surface area contributed by atoms with Crippen LogP contribution in [0, 0.1) is 11.8 Å². The van der Waals surface area contributed by atoms with Gasteiger partial charge in [0, 0.05) is 6.57 Å². The van der Waals surface area contributed by atoms with E-state index >= 15 is 0 Å². The molecule has 0 radical (unpaired) electrons. The maximum Gasteiger partial charge on any atom is 0.519 e. The van der Waals surface area contributed by atoms with Gasteiger partial charge in [-0.3, -0.25) is 0 Å². The van der Waals surface area contributed by atoms with E-state index in [9.17, 15) is 4.79 Å². The van der Waals surface area contributed by atoms with Crippen LogP contribution in [0.4, 0.5) is 4.79 Å². The third-order valence-corrected chi connectivity index (χ3v) is 1.89. The Balaban J connectivity index is 0.000000771. The fraction of sp³-hybridized carbons (Fsp3) is 0. The highest BCUT2D eigenvalue weighted by Crippen LogP contribution is 2.12. The van der Waals surface area contributed by atoms with E-state index in [4.69, 9.17) is 14.7 Å². The molecule has 0 spiro atoms. The second-order valence-electron chi connectivity index (χ2n) is 3.08. The van der Waals surface area contributed by atoms with E-state index in [-0.39, 0.29) is 0 Å². The second-order valence-corrected chi connectivity index (χ2v) is 3.08. The smallest absolute Gasteiger partial charge is 0.395 e. The van der Waals surface area contributed by atoms with E-state index in [0.717, 1.165) is 0 Å². The Morgan fingerprint density at radius 3 is 1.44 bits per heavy atom. The molecule has 0 atom stereocenters. The molecule has 2 aromatic rings. The van der Waals surface area contributed by atoms with Gasteiger partial charge < -0.3 is 9.47 Å². The Morgan fingerprint density at radius 2 is 1.11 bits per heavy atom. The number of hydrogen-bond acceptors (Lipinski definition) is 4. The molecule has 0 unspecified atom stereocenters. The van der Waals surface area contributed by atoms with E-state index < -0.39 is 6.16 Å². The van der Waals surface area contributed by atoms with Gasteiger partial charge in [0.2, 0.25) is 0 Å². The maximum absolute atomic E-state index is 11.3. The molecule has 0 aliphatic heterocycles. The van der Waals surface area contributed by atoms with Crippen molar-refractivity contribution in [3.8, 4) is 18.1 Å². The molecule has 0 aliphatic carbocycles. The number of para-hydroxylation sites is 2. The van der Waals surface area contributed by atoms with Crippen LogP contribution in [0.2, 0.25) is 0 Å². The topological polar surface area (TPSA) is 59.3 Å². The van der Waals surface area contributed by atoms with Crippen molar-refractivity contribution in [3.05, 3.63) is 60.7 Å². The first-order valence-corrected chi connectivity index (χ1v) is 5.10. The molecular weight excluding hydrogens is 230 g/mol. The lowest BCUT2D eigenvalue weighted by molar-refractivity contribution is 0.152. The summed E-state index contributed by atoms with van der Waals surface area (Å²) in [6.45, 7) is 3.50. The van der Waals surface area contributed by atoms with E-state index in [1.165, 1.54) is 0 Å². The molecule has 0 aliphatic rings. The van der Waals surface area contributed by atoms with Gasteiger partial charge in [-0.1, -0.05) is 36.4 Å². The highest BCUT2D eigenvalue weighted by Gasteiger charge is 2.06. The van der Waals surface area contributed by atoms with Crippen LogP contribution < -0.4 is 9.47 Å². The zero-order valence-electron chi connectivity index (χ0n) is 9.52. The third kappa shape index (κ3) is 4.37. The highest BCUT2D eigenvalue weighted by atomic mass is 16.7. The number of carbonyl (C=O) groups is 1. The summed E-state index contributed by atoms with van der Waals surface area (Å²) in [7, 11) is 0. The molecule has 0 saturated heterocycles. The summed E-state index contributed by atoms with van der Waals surface area (Å²) in [6, 6.07) is 17.6. The predicted octanol–water partition coefficient (Wildman–Crippen LogP) is 3.40. The molecule has 0 bridgehead atoms. The van der Waals surface area contributed by atoms with E-state index in [0.29, 0.717) is 11.5 Å². The molecule has 90 valence electrons. The van der Waals surface area contributed by atoms with Gasteiger partial charge >= 0.3 is 6.16 Å². The summed E-state index contributed by atoms with van der Waals surface area (Å²) in [5.41, 5.74) is 0. The molecule has 2 aromatic carbocycles. The van der Waals surface area contributed by atoms with Gasteiger partial charge in [0.1, 0.15) is 11.5 Å². The van der Waals surface area contributed by atoms with Crippen LogP contribution in [0.15, 0.2) is 60.7 Å². The lowest BCUT2D eigenvalue weighted by Gasteiger charge is -2.04. The van der Waals surface area contributed by atoms with Crippen LogP contribution in [0.5, 0.6) is 11.5 Å². The van der Waals surface area contributed by atoms with E-state index in [2.05, 4.69) is 6.57 Å². The monoisotopic (exact) mass is 241 g/mol. The summed E-state index contributed by atoms with van der Waals surface area (Å²) in [5.74, 6) is 0.923. The van der Waals surface area contributed by atoms with Gasteiger partial charge in [0.05, 0.1) is 0 Å². The third-order valence-electron chi connectivity index (χ3n) is 1.89. The SMILES string of the molecule is C#N.O=C(Oc1ccccc1)Oc1ccccc1. The predicted molar refractivity (Wildman–Crippen MR) is 66.2 cm³/mol. The first-order chi connectivity index (χ1) is 8.84. The van der Waals surface area contributed by atoms with Crippen LogP contribution in [0.3, 0.4) is 0 Å². The Kier molecular flexibility index (Phi) is 5.50. The molecule has 0 heterocycles. The van der Waals surface area contributed by atoms with Crippen LogP contribution >= 0.6 is 0 Å². The minimum absolute atomic E-state index is 0.462. The van der Waals surface area contributed by atoms with Crippen molar-refractivity contribution in [3.63, 3.8) is 0 Å². The van der Waals surface area contributed by atoms with Crippen LogP contribution in [0.25, 0.3) is 0 Å². The fourth-order valence-electron chi connectivity index (χ4n) is 1.19. The van der Waals surface area contributed by atoms with Crippen molar-refractivity contribution in [2.24, 2.45) is 0 Å². The minimum Gasteiger partial charge on any atom is -0.395 e. The Bertz CT molecular complexity index is 451. The largest absolute Gasteiger partial charge is 0.519 e. The van der Waals surface area contributed by atoms with Gasteiger partial charge in [-0.05, 0) is 24.3 Å². The molecule has 18 heavy (non-hydrogen) atoms. The summed E-state index contributed by atoms with van der Waals surface area (Å²) in [4.78, 5) is 11.3. The number of nitriles is 1. The number of nitrogens with zero attached hydrogens (tertiary/aromatic N) is 1. The van der Waals surface area contributed by atoms with Gasteiger partial charge in [-0.2, -0.15) is 0 Å². The van der Waals surface area contributed by atoms with Crippen LogP contribution in [0.1, 0.15) is 0 Å². The normalized spacial score (nSPS) is 8.56. The van der Waals surface area contributed by atoms with Crippen molar-refractivity contribution in [1.29, 1.82) is 5.26 Å². The van der Waals surface area contributed by atoms with Gasteiger partial charge in [0.15, 0.2) is 0 Å². The lowest BCUT2D eigenvalue weighted by atomic mass is 10.3. The zero-order chi connectivity index (χ0) is 13.2. The summed E-state index contributed by atoms with van der Waals surface area (Å²) in [5, 5.41) is 6.50. The zero-order valence-corrected chi connectivity index (χ0v) is 9.52. The van der Waals surface area contributed by atoms with Crippen molar-refractivity contribution in [2.45, 2.75) is 0 Å². The average Bonchev–Trinajstić information content (AvgIpc) is 2.43. The van der Waals surface area contributed by atoms with Crippen LogP contribution in [-0.2, 0) is 0 Å². The molecule has 0 fully saturated rings.